The highest BCUT2D eigenvalue weighted by Gasteiger charge is 2.02. The van der Waals surface area contributed by atoms with E-state index in [0.717, 1.165) is 5.69 Å². The zero-order valence-electron chi connectivity index (χ0n) is 7.29. The lowest BCUT2D eigenvalue weighted by atomic mass is 10.3. The number of nitrogens with zero attached hydrogens (tertiary/aromatic N) is 1. The fraction of sp³-hybridized carbons (Fsp3) is 0.375. The summed E-state index contributed by atoms with van der Waals surface area (Å²) in [5, 5.41) is 0.647. The highest BCUT2D eigenvalue weighted by molar-refractivity contribution is 7.89. The number of aromatic nitrogens is 1. The van der Waals surface area contributed by atoms with Gasteiger partial charge >= 0.3 is 0 Å². The molecule has 0 fully saturated rings. The van der Waals surface area contributed by atoms with Crippen LogP contribution in [0.25, 0.3) is 0 Å². The second-order valence-electron chi connectivity index (χ2n) is 2.42. The first-order valence-electron chi connectivity index (χ1n) is 3.94. The molecule has 0 aliphatic carbocycles. The summed E-state index contributed by atoms with van der Waals surface area (Å²) in [6.45, 7) is 2.34. The number of rotatable bonds is 4. The minimum atomic E-state index is -0.967. The molecular weight excluding hydrogens is 208 g/mol. The van der Waals surface area contributed by atoms with Crippen LogP contribution in [0.1, 0.15) is 12.6 Å². The van der Waals surface area contributed by atoms with Crippen molar-refractivity contribution in [3.63, 3.8) is 0 Å². The van der Waals surface area contributed by atoms with E-state index in [1.807, 2.05) is 6.92 Å². The molecule has 5 heteroatoms. The zero-order chi connectivity index (χ0) is 9.68. The van der Waals surface area contributed by atoms with Crippen molar-refractivity contribution in [2.45, 2.75) is 13.5 Å². The molecule has 1 aromatic heterocycles. The van der Waals surface area contributed by atoms with E-state index in [1.54, 1.807) is 18.3 Å². The van der Waals surface area contributed by atoms with Crippen LogP contribution in [-0.4, -0.2) is 15.3 Å². The average Bonchev–Trinajstić information content (AvgIpc) is 2.14. The zero-order valence-corrected chi connectivity index (χ0v) is 8.86. The summed E-state index contributed by atoms with van der Waals surface area (Å²) >= 11 is 4.78. The highest BCUT2D eigenvalue weighted by Crippen LogP contribution is 2.07. The Morgan fingerprint density at radius 1 is 1.69 bits per heavy atom. The molecule has 0 aromatic carbocycles. The van der Waals surface area contributed by atoms with Crippen LogP contribution in [0.5, 0.6) is 0 Å². The normalized spacial score (nSPS) is 12.8. The Morgan fingerprint density at radius 3 is 3.08 bits per heavy atom. The molecule has 72 valence electrons. The molecule has 0 bridgehead atoms. The topological polar surface area (TPSA) is 48.0 Å². The number of pyridine rings is 1. The van der Waals surface area contributed by atoms with Gasteiger partial charge in [-0.25, -0.2) is 0 Å². The van der Waals surface area contributed by atoms with Crippen molar-refractivity contribution in [1.82, 2.24) is 9.71 Å². The van der Waals surface area contributed by atoms with E-state index >= 15 is 0 Å². The quantitative estimate of drug-likeness (QED) is 0.780. The van der Waals surface area contributed by atoms with Crippen molar-refractivity contribution >= 4 is 23.0 Å². The minimum Gasteiger partial charge on any atom is -0.598 e. The van der Waals surface area contributed by atoms with Gasteiger partial charge in [-0.05, 0) is 19.1 Å². The van der Waals surface area contributed by atoms with E-state index < -0.39 is 11.4 Å². The Bertz CT molecular complexity index is 272. The van der Waals surface area contributed by atoms with Gasteiger partial charge in [0.05, 0.1) is 12.2 Å². The molecule has 3 nitrogen and oxygen atoms in total. The SMILES string of the molecule is CC[S+]([O-])NCc1cc(Cl)ccn1. The van der Waals surface area contributed by atoms with Crippen LogP contribution < -0.4 is 4.72 Å². The lowest BCUT2D eigenvalue weighted by Crippen LogP contribution is -2.25. The number of nitrogens with one attached hydrogen (secondary N) is 1. The van der Waals surface area contributed by atoms with Gasteiger partial charge in [-0.3, -0.25) is 4.98 Å². The molecule has 1 aromatic rings. The second kappa shape index (κ2) is 5.44. The predicted molar refractivity (Wildman–Crippen MR) is 54.8 cm³/mol. The molecule has 1 N–H and O–H groups in total. The molecule has 0 radical (unpaired) electrons. The second-order valence-corrected chi connectivity index (χ2v) is 4.41. The number of hydrogen-bond acceptors (Lipinski definition) is 3. The molecule has 0 spiro atoms. The van der Waals surface area contributed by atoms with E-state index in [4.69, 9.17) is 11.6 Å². The maximum absolute atomic E-state index is 11.0. The van der Waals surface area contributed by atoms with Crippen LogP contribution in [0.15, 0.2) is 18.3 Å². The molecule has 0 saturated heterocycles. The number of hydrogen-bond donors (Lipinski definition) is 1. The van der Waals surface area contributed by atoms with E-state index in [9.17, 15) is 4.55 Å². The molecule has 1 unspecified atom stereocenters. The third kappa shape index (κ3) is 3.95. The van der Waals surface area contributed by atoms with Gasteiger partial charge < -0.3 is 4.55 Å². The van der Waals surface area contributed by atoms with Crippen LogP contribution in [0.4, 0.5) is 0 Å². The highest BCUT2D eigenvalue weighted by atomic mass is 35.5. The molecule has 0 aliphatic heterocycles. The summed E-state index contributed by atoms with van der Waals surface area (Å²) in [6, 6.07) is 3.46. The minimum absolute atomic E-state index is 0.487. The van der Waals surface area contributed by atoms with Crippen LogP contribution in [0.3, 0.4) is 0 Å². The van der Waals surface area contributed by atoms with Gasteiger partial charge in [0.25, 0.3) is 0 Å². The first-order chi connectivity index (χ1) is 6.22. The molecule has 0 amide bonds. The summed E-state index contributed by atoms with van der Waals surface area (Å²) in [6.07, 6.45) is 1.63. The summed E-state index contributed by atoms with van der Waals surface area (Å²) in [5.41, 5.74) is 0.800. The summed E-state index contributed by atoms with van der Waals surface area (Å²) in [7, 11) is 0. The molecule has 13 heavy (non-hydrogen) atoms. The van der Waals surface area contributed by atoms with Crippen molar-refractivity contribution < 1.29 is 4.55 Å². The van der Waals surface area contributed by atoms with Gasteiger partial charge in [-0.2, -0.15) is 0 Å². The van der Waals surface area contributed by atoms with Crippen LogP contribution in [0, 0.1) is 0 Å². The van der Waals surface area contributed by atoms with Crippen molar-refractivity contribution in [2.24, 2.45) is 0 Å². The summed E-state index contributed by atoms with van der Waals surface area (Å²) in [5.74, 6) is 0.598. The van der Waals surface area contributed by atoms with Gasteiger partial charge in [0.2, 0.25) is 0 Å². The Labute approximate surface area is 85.8 Å². The van der Waals surface area contributed by atoms with E-state index in [2.05, 4.69) is 9.71 Å². The van der Waals surface area contributed by atoms with E-state index in [0.29, 0.717) is 17.3 Å². The van der Waals surface area contributed by atoms with Gasteiger partial charge in [-0.15, -0.1) is 4.72 Å². The van der Waals surface area contributed by atoms with Crippen LogP contribution >= 0.6 is 11.6 Å². The van der Waals surface area contributed by atoms with Crippen molar-refractivity contribution in [1.29, 1.82) is 0 Å². The van der Waals surface area contributed by atoms with Crippen LogP contribution in [0.2, 0.25) is 5.02 Å². The lowest BCUT2D eigenvalue weighted by Gasteiger charge is -2.07. The molecular formula is C8H11ClN2OS. The largest absolute Gasteiger partial charge is 0.598 e. The Balaban J connectivity index is 2.45. The van der Waals surface area contributed by atoms with Gasteiger partial charge in [0.15, 0.2) is 0 Å². The third-order valence-electron chi connectivity index (χ3n) is 1.46. The lowest BCUT2D eigenvalue weighted by molar-refractivity contribution is 0.581. The Hall–Kier alpha value is -0.290. The molecule has 1 rings (SSSR count). The maximum Gasteiger partial charge on any atom is 0.122 e. The summed E-state index contributed by atoms with van der Waals surface area (Å²) < 4.78 is 13.8. The molecule has 1 atom stereocenters. The molecule has 1 heterocycles. The first kappa shape index (κ1) is 10.8. The van der Waals surface area contributed by atoms with E-state index in [1.165, 1.54) is 0 Å². The van der Waals surface area contributed by atoms with Crippen molar-refractivity contribution in [2.75, 3.05) is 5.75 Å². The van der Waals surface area contributed by atoms with Crippen molar-refractivity contribution in [3.8, 4) is 0 Å². The van der Waals surface area contributed by atoms with Gasteiger partial charge in [0.1, 0.15) is 5.75 Å². The Kier molecular flexibility index (Phi) is 4.52. The fourth-order valence-corrected chi connectivity index (χ4v) is 1.50. The molecule has 0 aliphatic rings. The standard InChI is InChI=1S/C8H11ClN2OS/c1-2-13(12)11-6-8-5-7(9)3-4-10-8/h3-5,11H,2,6H2,1H3. The number of halogens is 1. The van der Waals surface area contributed by atoms with Gasteiger partial charge in [0, 0.05) is 22.6 Å². The average molecular weight is 219 g/mol. The predicted octanol–water partition coefficient (Wildman–Crippen LogP) is 1.51. The monoisotopic (exact) mass is 218 g/mol. The van der Waals surface area contributed by atoms with Gasteiger partial charge in [-0.1, -0.05) is 11.6 Å². The molecule has 0 saturated carbocycles. The van der Waals surface area contributed by atoms with E-state index in [-0.39, 0.29) is 0 Å². The maximum atomic E-state index is 11.0. The third-order valence-corrected chi connectivity index (χ3v) is 2.68. The van der Waals surface area contributed by atoms with Crippen molar-refractivity contribution in [3.05, 3.63) is 29.0 Å². The fourth-order valence-electron chi connectivity index (χ4n) is 0.802. The summed E-state index contributed by atoms with van der Waals surface area (Å²) in [4.78, 5) is 4.06. The smallest absolute Gasteiger partial charge is 0.122 e. The Morgan fingerprint density at radius 2 is 2.46 bits per heavy atom. The first-order valence-corrected chi connectivity index (χ1v) is 5.64. The van der Waals surface area contributed by atoms with Crippen LogP contribution in [-0.2, 0) is 17.9 Å².